The Kier molecular flexibility index (Phi) is 4.34. The molecular weight excluding hydrogens is 275 g/mol. The van der Waals surface area contributed by atoms with Crippen molar-refractivity contribution in [2.24, 2.45) is 0 Å². The minimum absolute atomic E-state index is 0.263. The van der Waals surface area contributed by atoms with Gasteiger partial charge in [-0.2, -0.15) is 4.73 Å². The van der Waals surface area contributed by atoms with Crippen LogP contribution >= 0.6 is 0 Å². The topological polar surface area (TPSA) is 56.5 Å². The van der Waals surface area contributed by atoms with E-state index in [9.17, 15) is 14.4 Å². The van der Waals surface area contributed by atoms with E-state index in [1.807, 2.05) is 0 Å². The summed E-state index contributed by atoms with van der Waals surface area (Å²) in [6.07, 6.45) is 1.51. The summed E-state index contributed by atoms with van der Waals surface area (Å²) in [5.41, 5.74) is 0.155. The number of rotatable bonds is 1. The van der Waals surface area contributed by atoms with Crippen molar-refractivity contribution in [2.45, 2.75) is 44.9 Å². The number of amides is 1. The first-order valence-corrected chi connectivity index (χ1v) is 7.07. The van der Waals surface area contributed by atoms with E-state index in [2.05, 4.69) is 0 Å². The van der Waals surface area contributed by atoms with Crippen LogP contribution in [0.4, 0.5) is 9.18 Å². The van der Waals surface area contributed by atoms with Gasteiger partial charge in [0.2, 0.25) is 0 Å². The first-order valence-electron chi connectivity index (χ1n) is 7.07. The molecule has 21 heavy (non-hydrogen) atoms. The fourth-order valence-corrected chi connectivity index (χ4v) is 2.40. The molecule has 1 saturated heterocycles. The van der Waals surface area contributed by atoms with Gasteiger partial charge >= 0.3 is 6.09 Å². The first kappa shape index (κ1) is 15.5. The number of piperidine rings is 1. The van der Waals surface area contributed by atoms with Gasteiger partial charge in [-0.05, 0) is 32.8 Å². The lowest BCUT2D eigenvalue weighted by Gasteiger charge is -2.36. The Morgan fingerprint density at radius 3 is 2.62 bits per heavy atom. The highest BCUT2D eigenvalue weighted by atomic mass is 19.1. The molecule has 6 heteroatoms. The average Bonchev–Trinajstić information content (AvgIpc) is 2.38. The summed E-state index contributed by atoms with van der Waals surface area (Å²) in [6, 6.07) is 3.20. The zero-order valence-electron chi connectivity index (χ0n) is 12.6. The van der Waals surface area contributed by atoms with Gasteiger partial charge < -0.3 is 14.8 Å². The zero-order valence-corrected chi connectivity index (χ0v) is 12.6. The maximum atomic E-state index is 14.1. The van der Waals surface area contributed by atoms with Crippen molar-refractivity contribution in [3.8, 4) is 0 Å². The molecule has 1 aromatic rings. The molecule has 116 valence electrons. The van der Waals surface area contributed by atoms with Gasteiger partial charge in [-0.25, -0.2) is 9.18 Å². The van der Waals surface area contributed by atoms with Crippen LogP contribution in [-0.4, -0.2) is 35.9 Å². The molecule has 0 spiro atoms. The van der Waals surface area contributed by atoms with Crippen LogP contribution in [0.1, 0.15) is 38.7 Å². The van der Waals surface area contributed by atoms with Gasteiger partial charge in [0.15, 0.2) is 12.4 Å². The molecular formula is C15H21FN2O3. The highest BCUT2D eigenvalue weighted by Crippen LogP contribution is 2.30. The Morgan fingerprint density at radius 1 is 1.43 bits per heavy atom. The fourth-order valence-electron chi connectivity index (χ4n) is 2.40. The van der Waals surface area contributed by atoms with Crippen molar-refractivity contribution in [3.05, 3.63) is 35.3 Å². The third-order valence-electron chi connectivity index (χ3n) is 3.44. The lowest BCUT2D eigenvalue weighted by atomic mass is 9.90. The molecule has 2 heterocycles. The quantitative estimate of drug-likeness (QED) is 0.590. The first-order chi connectivity index (χ1) is 9.76. The van der Waals surface area contributed by atoms with Crippen molar-refractivity contribution in [2.75, 3.05) is 13.1 Å². The van der Waals surface area contributed by atoms with E-state index in [4.69, 9.17) is 4.74 Å². The molecule has 0 aliphatic carbocycles. The summed E-state index contributed by atoms with van der Waals surface area (Å²) >= 11 is 0. The molecule has 1 aliphatic heterocycles. The predicted octanol–water partition coefficient (Wildman–Crippen LogP) is 2.38. The van der Waals surface area contributed by atoms with E-state index in [1.54, 1.807) is 32.9 Å². The van der Waals surface area contributed by atoms with E-state index in [-0.39, 0.29) is 13.0 Å². The standard InChI is InChI=1S/C15H21FN2O3/c1-15(2,3)21-14(19)17-7-6-13(16)12(10-17)11-4-8-18(20)9-5-11/h4-5,8-9,12-13H,6-7,10H2,1-3H3. The third kappa shape index (κ3) is 4.06. The Labute approximate surface area is 123 Å². The predicted molar refractivity (Wildman–Crippen MR) is 75.5 cm³/mol. The highest BCUT2D eigenvalue weighted by Gasteiger charge is 2.34. The summed E-state index contributed by atoms with van der Waals surface area (Å²) in [5, 5.41) is 11.1. The van der Waals surface area contributed by atoms with E-state index in [0.717, 1.165) is 5.56 Å². The van der Waals surface area contributed by atoms with E-state index < -0.39 is 23.8 Å². The highest BCUT2D eigenvalue weighted by molar-refractivity contribution is 5.68. The largest absolute Gasteiger partial charge is 0.619 e. The fraction of sp³-hybridized carbons (Fsp3) is 0.600. The van der Waals surface area contributed by atoms with Crippen LogP contribution in [0, 0.1) is 5.21 Å². The van der Waals surface area contributed by atoms with Crippen LogP contribution in [0.2, 0.25) is 0 Å². The normalized spacial score (nSPS) is 23.0. The number of carbonyl (C=O) groups is 1. The maximum Gasteiger partial charge on any atom is 0.410 e. The molecule has 0 saturated carbocycles. The number of pyridine rings is 1. The average molecular weight is 296 g/mol. The summed E-state index contributed by atoms with van der Waals surface area (Å²) in [4.78, 5) is 13.6. The molecule has 1 aromatic heterocycles. The lowest BCUT2D eigenvalue weighted by molar-refractivity contribution is -0.605. The number of carbonyl (C=O) groups excluding carboxylic acids is 1. The van der Waals surface area contributed by atoms with Crippen LogP contribution in [-0.2, 0) is 4.74 Å². The SMILES string of the molecule is CC(C)(C)OC(=O)N1CCC(F)C(c2cc[n+]([O-])cc2)C1. The summed E-state index contributed by atoms with van der Waals surface area (Å²) < 4.78 is 20.1. The van der Waals surface area contributed by atoms with E-state index in [0.29, 0.717) is 11.3 Å². The van der Waals surface area contributed by atoms with Gasteiger partial charge in [0, 0.05) is 31.1 Å². The Balaban J connectivity index is 2.09. The molecule has 0 N–H and O–H groups in total. The third-order valence-corrected chi connectivity index (χ3v) is 3.44. The Morgan fingerprint density at radius 2 is 2.05 bits per heavy atom. The van der Waals surface area contributed by atoms with Crippen molar-refractivity contribution in [1.29, 1.82) is 0 Å². The summed E-state index contributed by atoms with van der Waals surface area (Å²) in [6.45, 7) is 6.01. The van der Waals surface area contributed by atoms with Crippen molar-refractivity contribution < 1.29 is 18.7 Å². The van der Waals surface area contributed by atoms with Gasteiger partial charge in [0.25, 0.3) is 0 Å². The number of nitrogens with zero attached hydrogens (tertiary/aromatic N) is 2. The van der Waals surface area contributed by atoms with Gasteiger partial charge in [-0.15, -0.1) is 0 Å². The van der Waals surface area contributed by atoms with Crippen LogP contribution in [0.15, 0.2) is 24.5 Å². The number of alkyl halides is 1. The molecule has 2 rings (SSSR count). The Hall–Kier alpha value is -1.85. The van der Waals surface area contributed by atoms with Crippen molar-refractivity contribution in [1.82, 2.24) is 4.90 Å². The second-order valence-electron chi connectivity index (χ2n) is 6.33. The number of aromatic nitrogens is 1. The molecule has 0 radical (unpaired) electrons. The second kappa shape index (κ2) is 5.87. The molecule has 1 amide bonds. The lowest BCUT2D eigenvalue weighted by Crippen LogP contribution is -2.45. The monoisotopic (exact) mass is 296 g/mol. The molecule has 1 fully saturated rings. The number of hydrogen-bond acceptors (Lipinski definition) is 3. The second-order valence-corrected chi connectivity index (χ2v) is 6.33. The van der Waals surface area contributed by atoms with E-state index in [1.165, 1.54) is 17.3 Å². The van der Waals surface area contributed by atoms with Gasteiger partial charge in [0.05, 0.1) is 0 Å². The number of ether oxygens (including phenoxy) is 1. The minimum atomic E-state index is -1.02. The molecule has 5 nitrogen and oxygen atoms in total. The van der Waals surface area contributed by atoms with Gasteiger partial charge in [-0.1, -0.05) is 0 Å². The van der Waals surface area contributed by atoms with Crippen LogP contribution in [0.3, 0.4) is 0 Å². The molecule has 0 bridgehead atoms. The van der Waals surface area contributed by atoms with Gasteiger partial charge in [0.1, 0.15) is 11.8 Å². The summed E-state index contributed by atoms with van der Waals surface area (Å²) in [7, 11) is 0. The molecule has 1 aliphatic rings. The molecule has 0 aromatic carbocycles. The molecule has 2 unspecified atom stereocenters. The molecule has 2 atom stereocenters. The Bertz CT molecular complexity index is 499. The van der Waals surface area contributed by atoms with Crippen LogP contribution in [0.25, 0.3) is 0 Å². The van der Waals surface area contributed by atoms with Crippen molar-refractivity contribution >= 4 is 6.09 Å². The summed E-state index contributed by atoms with van der Waals surface area (Å²) in [5.74, 6) is -0.424. The van der Waals surface area contributed by atoms with E-state index >= 15 is 0 Å². The smallest absolute Gasteiger partial charge is 0.410 e. The van der Waals surface area contributed by atoms with Crippen LogP contribution < -0.4 is 4.73 Å². The number of halogens is 1. The zero-order chi connectivity index (χ0) is 15.6. The van der Waals surface area contributed by atoms with Gasteiger partial charge in [-0.3, -0.25) is 0 Å². The maximum absolute atomic E-state index is 14.1. The van der Waals surface area contributed by atoms with Crippen molar-refractivity contribution in [3.63, 3.8) is 0 Å². The number of likely N-dealkylation sites (tertiary alicyclic amines) is 1. The minimum Gasteiger partial charge on any atom is -0.619 e. The number of hydrogen-bond donors (Lipinski definition) is 0. The van der Waals surface area contributed by atoms with Crippen LogP contribution in [0.5, 0.6) is 0 Å².